The number of benzene rings is 1. The van der Waals surface area contributed by atoms with E-state index >= 15 is 0 Å². The predicted octanol–water partition coefficient (Wildman–Crippen LogP) is 4.04. The van der Waals surface area contributed by atoms with Gasteiger partial charge in [-0.2, -0.15) is 0 Å². The van der Waals surface area contributed by atoms with Gasteiger partial charge in [-0.05, 0) is 37.1 Å². The zero-order valence-electron chi connectivity index (χ0n) is 7.77. The molecule has 0 N–H and O–H groups in total. The number of carbonyl (C=O) groups is 1. The lowest BCUT2D eigenvalue weighted by Gasteiger charge is -2.21. The fourth-order valence-electron chi connectivity index (χ4n) is 1.09. The van der Waals surface area contributed by atoms with E-state index in [0.29, 0.717) is 15.6 Å². The lowest BCUT2D eigenvalue weighted by Crippen LogP contribution is -2.25. The molecule has 0 bridgehead atoms. The van der Waals surface area contributed by atoms with Gasteiger partial charge in [-0.25, -0.2) is 0 Å². The van der Waals surface area contributed by atoms with Gasteiger partial charge in [0.1, 0.15) is 0 Å². The molecule has 0 aliphatic carbocycles. The van der Waals surface area contributed by atoms with Crippen LogP contribution in [0, 0.1) is 0 Å². The van der Waals surface area contributed by atoms with Gasteiger partial charge in [0.2, 0.25) is 5.24 Å². The van der Waals surface area contributed by atoms with Crippen LogP contribution in [0.15, 0.2) is 18.2 Å². The predicted molar refractivity (Wildman–Crippen MR) is 60.3 cm³/mol. The van der Waals surface area contributed by atoms with Crippen molar-refractivity contribution in [3.63, 3.8) is 0 Å². The zero-order valence-corrected chi connectivity index (χ0v) is 10.0. The van der Waals surface area contributed by atoms with Crippen molar-refractivity contribution in [3.05, 3.63) is 33.8 Å². The first kappa shape index (κ1) is 11.8. The molecule has 0 saturated carbocycles. The summed E-state index contributed by atoms with van der Waals surface area (Å²) in [4.78, 5) is 11.2. The molecule has 0 atom stereocenters. The first-order valence-electron chi connectivity index (χ1n) is 4.02. The summed E-state index contributed by atoms with van der Waals surface area (Å²) in [5.41, 5.74) is -0.171. The van der Waals surface area contributed by atoms with Gasteiger partial charge >= 0.3 is 0 Å². The Kier molecular flexibility index (Phi) is 3.46. The van der Waals surface area contributed by atoms with Crippen LogP contribution < -0.4 is 0 Å². The summed E-state index contributed by atoms with van der Waals surface area (Å²) in [7, 11) is 0. The van der Waals surface area contributed by atoms with E-state index in [0.717, 1.165) is 0 Å². The van der Waals surface area contributed by atoms with Gasteiger partial charge in [-0.15, -0.1) is 0 Å². The molecular formula is C10H9Cl3O. The van der Waals surface area contributed by atoms with Gasteiger partial charge < -0.3 is 0 Å². The van der Waals surface area contributed by atoms with Crippen LogP contribution in [0.5, 0.6) is 0 Å². The molecular weight excluding hydrogens is 242 g/mol. The highest BCUT2D eigenvalue weighted by atomic mass is 35.5. The van der Waals surface area contributed by atoms with E-state index in [2.05, 4.69) is 0 Å². The summed E-state index contributed by atoms with van der Waals surface area (Å²) >= 11 is 17.3. The van der Waals surface area contributed by atoms with Crippen molar-refractivity contribution in [2.45, 2.75) is 19.3 Å². The second-order valence-corrected chi connectivity index (χ2v) is 4.63. The SMILES string of the molecule is CC(C)(C(=O)Cl)c1cccc(Cl)c1Cl. The van der Waals surface area contributed by atoms with Crippen molar-refractivity contribution in [1.82, 2.24) is 0 Å². The number of carbonyl (C=O) groups excluding carboxylic acids is 1. The lowest BCUT2D eigenvalue weighted by atomic mass is 9.86. The van der Waals surface area contributed by atoms with Crippen molar-refractivity contribution in [1.29, 1.82) is 0 Å². The standard InChI is InChI=1S/C10H9Cl3O/c1-10(2,9(13)14)6-4-3-5-7(11)8(6)12/h3-5H,1-2H3. The third-order valence-corrected chi connectivity index (χ3v) is 3.41. The summed E-state index contributed by atoms with van der Waals surface area (Å²) in [6.07, 6.45) is 0. The number of hydrogen-bond donors (Lipinski definition) is 0. The molecule has 0 saturated heterocycles. The molecule has 1 rings (SSSR count). The molecule has 0 aliphatic rings. The molecule has 0 fully saturated rings. The normalized spacial score (nSPS) is 11.5. The van der Waals surface area contributed by atoms with Gasteiger partial charge in [0.25, 0.3) is 0 Å². The van der Waals surface area contributed by atoms with Crippen LogP contribution in [0.25, 0.3) is 0 Å². The molecule has 0 heterocycles. The second-order valence-electron chi connectivity index (χ2n) is 3.50. The van der Waals surface area contributed by atoms with Crippen LogP contribution in [0.4, 0.5) is 0 Å². The molecule has 1 nitrogen and oxygen atoms in total. The van der Waals surface area contributed by atoms with Crippen LogP contribution in [-0.2, 0) is 10.2 Å². The Hall–Kier alpha value is -0.240. The van der Waals surface area contributed by atoms with Gasteiger partial charge in [0, 0.05) is 0 Å². The molecule has 0 aromatic heterocycles. The molecule has 1 aromatic carbocycles. The Labute approximate surface area is 98.0 Å². The highest BCUT2D eigenvalue weighted by Crippen LogP contribution is 2.35. The Bertz CT molecular complexity index is 372. The molecule has 0 amide bonds. The fraction of sp³-hybridized carbons (Fsp3) is 0.300. The van der Waals surface area contributed by atoms with Crippen molar-refractivity contribution in [2.75, 3.05) is 0 Å². The fourth-order valence-corrected chi connectivity index (χ4v) is 1.73. The van der Waals surface area contributed by atoms with Crippen molar-refractivity contribution >= 4 is 40.0 Å². The first-order valence-corrected chi connectivity index (χ1v) is 5.15. The molecule has 0 radical (unpaired) electrons. The van der Waals surface area contributed by atoms with E-state index in [4.69, 9.17) is 34.8 Å². The van der Waals surface area contributed by atoms with Gasteiger partial charge in [0.15, 0.2) is 0 Å². The molecule has 4 heteroatoms. The third-order valence-electron chi connectivity index (χ3n) is 2.12. The molecule has 0 unspecified atom stereocenters. The average Bonchev–Trinajstić information content (AvgIpc) is 2.09. The number of hydrogen-bond acceptors (Lipinski definition) is 1. The summed E-state index contributed by atoms with van der Waals surface area (Å²) < 4.78 is 0. The van der Waals surface area contributed by atoms with Crippen LogP contribution in [0.2, 0.25) is 10.0 Å². The summed E-state index contributed by atoms with van der Waals surface area (Å²) in [6.45, 7) is 3.42. The smallest absolute Gasteiger partial charge is 0.231 e. The third kappa shape index (κ3) is 2.05. The van der Waals surface area contributed by atoms with Gasteiger partial charge in [0.05, 0.1) is 15.5 Å². The maximum absolute atomic E-state index is 11.2. The summed E-state index contributed by atoms with van der Waals surface area (Å²) in [5.74, 6) is 0. The van der Waals surface area contributed by atoms with Gasteiger partial charge in [-0.3, -0.25) is 4.79 Å². The van der Waals surface area contributed by atoms with E-state index in [1.807, 2.05) is 0 Å². The number of rotatable bonds is 2. The molecule has 14 heavy (non-hydrogen) atoms. The maximum Gasteiger partial charge on any atom is 0.231 e. The summed E-state index contributed by atoms with van der Waals surface area (Å²) in [5, 5.41) is 0.352. The minimum atomic E-state index is -0.816. The summed E-state index contributed by atoms with van der Waals surface area (Å²) in [6, 6.07) is 5.15. The van der Waals surface area contributed by atoms with Gasteiger partial charge in [-0.1, -0.05) is 35.3 Å². The molecule has 0 aliphatic heterocycles. The zero-order chi connectivity index (χ0) is 10.9. The Morgan fingerprint density at radius 1 is 1.29 bits per heavy atom. The average molecular weight is 252 g/mol. The van der Waals surface area contributed by atoms with Crippen LogP contribution in [0.1, 0.15) is 19.4 Å². The molecule has 76 valence electrons. The van der Waals surface area contributed by atoms with E-state index in [1.165, 1.54) is 0 Å². The quantitative estimate of drug-likeness (QED) is 0.725. The Morgan fingerprint density at radius 2 is 1.86 bits per heavy atom. The Balaban J connectivity index is 3.33. The minimum Gasteiger partial charge on any atom is -0.280 e. The molecule has 0 spiro atoms. The van der Waals surface area contributed by atoms with E-state index in [9.17, 15) is 4.79 Å². The van der Waals surface area contributed by atoms with Crippen molar-refractivity contribution in [3.8, 4) is 0 Å². The van der Waals surface area contributed by atoms with Crippen LogP contribution in [-0.4, -0.2) is 5.24 Å². The van der Waals surface area contributed by atoms with E-state index in [-0.39, 0.29) is 0 Å². The highest BCUT2D eigenvalue weighted by molar-refractivity contribution is 6.65. The monoisotopic (exact) mass is 250 g/mol. The Morgan fingerprint density at radius 3 is 2.36 bits per heavy atom. The highest BCUT2D eigenvalue weighted by Gasteiger charge is 2.30. The van der Waals surface area contributed by atoms with Crippen molar-refractivity contribution < 1.29 is 4.79 Å². The first-order chi connectivity index (χ1) is 6.37. The van der Waals surface area contributed by atoms with Crippen LogP contribution in [0.3, 0.4) is 0 Å². The largest absolute Gasteiger partial charge is 0.280 e. The number of halogens is 3. The molecule has 1 aromatic rings. The second kappa shape index (κ2) is 4.09. The topological polar surface area (TPSA) is 17.1 Å². The van der Waals surface area contributed by atoms with Crippen LogP contribution >= 0.6 is 34.8 Å². The maximum atomic E-state index is 11.2. The van der Waals surface area contributed by atoms with Crippen molar-refractivity contribution in [2.24, 2.45) is 0 Å². The van der Waals surface area contributed by atoms with E-state index < -0.39 is 10.7 Å². The minimum absolute atomic E-state index is 0.383. The lowest BCUT2D eigenvalue weighted by molar-refractivity contribution is -0.115. The van der Waals surface area contributed by atoms with E-state index in [1.54, 1.807) is 32.0 Å².